The summed E-state index contributed by atoms with van der Waals surface area (Å²) in [6.07, 6.45) is 8.74. The van der Waals surface area contributed by atoms with Crippen molar-refractivity contribution in [2.24, 2.45) is 0 Å². The van der Waals surface area contributed by atoms with Gasteiger partial charge in [0.25, 0.3) is 11.5 Å². The molecule has 5 rings (SSSR count). The number of amides is 1. The minimum absolute atomic E-state index is 0.154. The first-order valence-electron chi connectivity index (χ1n) is 13.1. The van der Waals surface area contributed by atoms with Gasteiger partial charge in [0.1, 0.15) is 5.65 Å². The van der Waals surface area contributed by atoms with Crippen LogP contribution in [-0.2, 0) is 6.42 Å². The van der Waals surface area contributed by atoms with E-state index in [4.69, 9.17) is 0 Å². The molecule has 5 aromatic rings. The zero-order chi connectivity index (χ0) is 25.8. The van der Waals surface area contributed by atoms with Crippen molar-refractivity contribution in [3.8, 4) is 0 Å². The third-order valence-electron chi connectivity index (χ3n) is 6.89. The van der Waals surface area contributed by atoms with Crippen molar-refractivity contribution in [3.05, 3.63) is 100 Å². The fourth-order valence-corrected chi connectivity index (χ4v) is 4.68. The van der Waals surface area contributed by atoms with E-state index in [9.17, 15) is 9.59 Å². The van der Waals surface area contributed by atoms with Gasteiger partial charge in [-0.25, -0.2) is 4.98 Å². The summed E-state index contributed by atoms with van der Waals surface area (Å²) < 4.78 is 1.48. The maximum absolute atomic E-state index is 13.2. The van der Waals surface area contributed by atoms with Crippen molar-refractivity contribution in [1.29, 1.82) is 0 Å². The number of carbonyl (C=O) groups excluding carboxylic acids is 1. The molecular formula is C31H32N4O2. The molecule has 0 fully saturated rings. The first kappa shape index (κ1) is 24.6. The summed E-state index contributed by atoms with van der Waals surface area (Å²) in [4.78, 5) is 35.0. The van der Waals surface area contributed by atoms with Crippen LogP contribution in [0, 0.1) is 0 Å². The molecule has 0 spiro atoms. The average Bonchev–Trinajstić information content (AvgIpc) is 2.92. The van der Waals surface area contributed by atoms with E-state index < -0.39 is 0 Å². The number of hydrogen-bond acceptors (Lipinski definition) is 4. The SMILES string of the molecule is CC(C)c1ccc2nc3ccc(C(=O)NCCCCCCc4cnc5ccccc5c4)cn3c(=O)c2c1. The molecule has 6 heteroatoms. The van der Waals surface area contributed by atoms with Crippen LogP contribution in [0.2, 0.25) is 0 Å². The molecule has 188 valence electrons. The smallest absolute Gasteiger partial charge is 0.265 e. The number of nitrogens with one attached hydrogen (secondary N) is 1. The number of pyridine rings is 2. The Labute approximate surface area is 216 Å². The van der Waals surface area contributed by atoms with Gasteiger partial charge >= 0.3 is 0 Å². The minimum Gasteiger partial charge on any atom is -0.352 e. The summed E-state index contributed by atoms with van der Waals surface area (Å²) in [5.41, 5.74) is 4.90. The summed E-state index contributed by atoms with van der Waals surface area (Å²) >= 11 is 0. The van der Waals surface area contributed by atoms with E-state index in [0.29, 0.717) is 34.6 Å². The zero-order valence-electron chi connectivity index (χ0n) is 21.4. The molecule has 2 aromatic carbocycles. The quantitative estimate of drug-likeness (QED) is 0.201. The first-order chi connectivity index (χ1) is 18.0. The number of aryl methyl sites for hydroxylation is 1. The first-order valence-corrected chi connectivity index (χ1v) is 13.1. The highest BCUT2D eigenvalue weighted by molar-refractivity contribution is 5.94. The lowest BCUT2D eigenvalue weighted by Gasteiger charge is -2.09. The second-order valence-electron chi connectivity index (χ2n) is 9.95. The molecule has 1 N–H and O–H groups in total. The van der Waals surface area contributed by atoms with Gasteiger partial charge in [-0.15, -0.1) is 0 Å². The Morgan fingerprint density at radius 3 is 2.65 bits per heavy atom. The van der Waals surface area contributed by atoms with Crippen molar-refractivity contribution >= 4 is 33.4 Å². The number of nitrogens with zero attached hydrogens (tertiary/aromatic N) is 3. The highest BCUT2D eigenvalue weighted by atomic mass is 16.1. The van der Waals surface area contributed by atoms with Gasteiger partial charge in [0.15, 0.2) is 0 Å². The molecule has 1 amide bonds. The second kappa shape index (κ2) is 10.9. The second-order valence-corrected chi connectivity index (χ2v) is 9.95. The van der Waals surface area contributed by atoms with E-state index in [1.54, 1.807) is 18.3 Å². The molecule has 0 bridgehead atoms. The number of fused-ring (bicyclic) bond motifs is 3. The van der Waals surface area contributed by atoms with Gasteiger partial charge in [-0.05, 0) is 72.7 Å². The normalized spacial score (nSPS) is 11.5. The fraction of sp³-hybridized carbons (Fsp3) is 0.290. The predicted molar refractivity (Wildman–Crippen MR) is 149 cm³/mol. The topological polar surface area (TPSA) is 76.4 Å². The van der Waals surface area contributed by atoms with Crippen LogP contribution in [0.25, 0.3) is 27.5 Å². The number of hydrogen-bond donors (Lipinski definition) is 1. The van der Waals surface area contributed by atoms with Gasteiger partial charge in [0, 0.05) is 24.3 Å². The van der Waals surface area contributed by atoms with Crippen LogP contribution < -0.4 is 10.9 Å². The standard InChI is InChI=1S/C31H32N4O2/c1-21(2)23-12-14-28-26(18-23)31(37)35-20-25(13-15-29(35)34-28)30(36)32-16-8-4-3-5-9-22-17-24-10-6-7-11-27(24)33-19-22/h6-7,10-15,17-21H,3-5,8-9,16H2,1-2H3,(H,32,36). The molecule has 37 heavy (non-hydrogen) atoms. The Balaban J connectivity index is 1.13. The molecular weight excluding hydrogens is 460 g/mol. The van der Waals surface area contributed by atoms with E-state index in [-0.39, 0.29) is 11.5 Å². The predicted octanol–water partition coefficient (Wildman–Crippen LogP) is 6.05. The summed E-state index contributed by atoms with van der Waals surface area (Å²) in [5.74, 6) is 0.143. The van der Waals surface area contributed by atoms with Crippen molar-refractivity contribution in [2.45, 2.75) is 51.9 Å². The van der Waals surface area contributed by atoms with Crippen molar-refractivity contribution in [1.82, 2.24) is 19.7 Å². The van der Waals surface area contributed by atoms with E-state index in [2.05, 4.69) is 41.3 Å². The van der Waals surface area contributed by atoms with E-state index in [1.807, 2.05) is 42.6 Å². The van der Waals surface area contributed by atoms with Gasteiger partial charge in [-0.2, -0.15) is 0 Å². The van der Waals surface area contributed by atoms with Crippen LogP contribution in [0.3, 0.4) is 0 Å². The molecule has 0 saturated carbocycles. The molecule has 0 radical (unpaired) electrons. The molecule has 3 aromatic heterocycles. The largest absolute Gasteiger partial charge is 0.352 e. The average molecular weight is 493 g/mol. The lowest BCUT2D eigenvalue weighted by Crippen LogP contribution is -2.25. The lowest BCUT2D eigenvalue weighted by atomic mass is 10.0. The number of para-hydroxylation sites is 1. The number of rotatable bonds is 9. The minimum atomic E-state index is -0.174. The van der Waals surface area contributed by atoms with Crippen LogP contribution >= 0.6 is 0 Å². The Bertz CT molecular complexity index is 1640. The van der Waals surface area contributed by atoms with Gasteiger partial charge in [0.05, 0.1) is 22.0 Å². The summed E-state index contributed by atoms with van der Waals surface area (Å²) in [7, 11) is 0. The number of aromatic nitrogens is 3. The Morgan fingerprint density at radius 1 is 0.946 bits per heavy atom. The number of benzene rings is 2. The molecule has 0 atom stereocenters. The maximum atomic E-state index is 13.2. The Kier molecular flexibility index (Phi) is 7.26. The molecule has 0 saturated heterocycles. The molecule has 3 heterocycles. The maximum Gasteiger partial charge on any atom is 0.265 e. The van der Waals surface area contributed by atoms with E-state index >= 15 is 0 Å². The van der Waals surface area contributed by atoms with Gasteiger partial charge in [-0.3, -0.25) is 19.0 Å². The zero-order valence-corrected chi connectivity index (χ0v) is 21.4. The Morgan fingerprint density at radius 2 is 1.78 bits per heavy atom. The summed E-state index contributed by atoms with van der Waals surface area (Å²) in [5, 5.41) is 4.74. The molecule has 6 nitrogen and oxygen atoms in total. The lowest BCUT2D eigenvalue weighted by molar-refractivity contribution is 0.0952. The monoisotopic (exact) mass is 492 g/mol. The highest BCUT2D eigenvalue weighted by Gasteiger charge is 2.11. The summed E-state index contributed by atoms with van der Waals surface area (Å²) in [6, 6.07) is 19.7. The van der Waals surface area contributed by atoms with E-state index in [0.717, 1.165) is 43.2 Å². The van der Waals surface area contributed by atoms with Crippen molar-refractivity contribution in [3.63, 3.8) is 0 Å². The third-order valence-corrected chi connectivity index (χ3v) is 6.89. The van der Waals surface area contributed by atoms with Crippen molar-refractivity contribution in [2.75, 3.05) is 6.54 Å². The van der Waals surface area contributed by atoms with Crippen LogP contribution in [0.4, 0.5) is 0 Å². The summed E-state index contributed by atoms with van der Waals surface area (Å²) in [6.45, 7) is 4.80. The van der Waals surface area contributed by atoms with E-state index in [1.165, 1.54) is 15.4 Å². The van der Waals surface area contributed by atoms with Gasteiger partial charge in [-0.1, -0.05) is 51.0 Å². The number of unbranched alkanes of at least 4 members (excludes halogenated alkanes) is 3. The third kappa shape index (κ3) is 5.53. The molecule has 0 aliphatic heterocycles. The Hall–Kier alpha value is -4.06. The van der Waals surface area contributed by atoms with Crippen LogP contribution in [0.1, 0.15) is 66.9 Å². The van der Waals surface area contributed by atoms with Crippen molar-refractivity contribution < 1.29 is 4.79 Å². The van der Waals surface area contributed by atoms with Crippen LogP contribution in [-0.4, -0.2) is 26.8 Å². The number of carbonyl (C=O) groups is 1. The molecule has 0 aliphatic rings. The van der Waals surface area contributed by atoms with Crippen LogP contribution in [0.5, 0.6) is 0 Å². The van der Waals surface area contributed by atoms with Gasteiger partial charge in [0.2, 0.25) is 0 Å². The van der Waals surface area contributed by atoms with Crippen LogP contribution in [0.15, 0.2) is 77.9 Å². The highest BCUT2D eigenvalue weighted by Crippen LogP contribution is 2.19. The fourth-order valence-electron chi connectivity index (χ4n) is 4.68. The molecule has 0 aliphatic carbocycles. The van der Waals surface area contributed by atoms with Gasteiger partial charge < -0.3 is 5.32 Å². The molecule has 0 unspecified atom stereocenters.